The van der Waals surface area contributed by atoms with Crippen molar-refractivity contribution in [1.82, 2.24) is 0 Å². The highest BCUT2D eigenvalue weighted by Gasteiger charge is 2.29. The summed E-state index contributed by atoms with van der Waals surface area (Å²) in [4.78, 5) is 0. The Morgan fingerprint density at radius 3 is 2.67 bits per heavy atom. The topological polar surface area (TPSA) is 29.5 Å². The van der Waals surface area contributed by atoms with Crippen molar-refractivity contribution in [3.05, 3.63) is 0 Å². The van der Waals surface area contributed by atoms with Crippen LogP contribution < -0.4 is 0 Å². The van der Waals surface area contributed by atoms with Gasteiger partial charge in [-0.1, -0.05) is 22.6 Å². The molecule has 52 valence electrons. The second kappa shape index (κ2) is 3.21. The van der Waals surface area contributed by atoms with Gasteiger partial charge in [0.2, 0.25) is 0 Å². The second-order valence-corrected chi connectivity index (χ2v) is 3.32. The Kier molecular flexibility index (Phi) is 2.79. The van der Waals surface area contributed by atoms with Gasteiger partial charge in [0, 0.05) is 10.4 Å². The van der Waals surface area contributed by atoms with E-state index in [1.165, 1.54) is 0 Å². The molecule has 0 aromatic rings. The van der Waals surface area contributed by atoms with Crippen molar-refractivity contribution in [3.8, 4) is 0 Å². The lowest BCUT2D eigenvalue weighted by molar-refractivity contribution is 0.0507. The molecule has 0 aromatic heterocycles. The third kappa shape index (κ3) is 1.81. The summed E-state index contributed by atoms with van der Waals surface area (Å²) >= 11 is 2.23. The molecule has 0 amide bonds. The molecule has 4 heteroatoms. The highest BCUT2D eigenvalue weighted by atomic mass is 127. The lowest BCUT2D eigenvalue weighted by atomic mass is 9.96. The average molecular weight is 240 g/mol. The fourth-order valence-corrected chi connectivity index (χ4v) is 1.87. The number of ether oxygens (including phenoxy) is 1. The molecule has 1 heterocycles. The monoisotopic (exact) mass is 240 g/mol. The van der Waals surface area contributed by atoms with Gasteiger partial charge in [-0.2, -0.15) is 0 Å². The lowest BCUT2D eigenvalue weighted by Gasteiger charge is -2.08. The van der Waals surface area contributed by atoms with Gasteiger partial charge in [0.25, 0.3) is 0 Å². The average Bonchev–Trinajstić information content (AvgIpc) is 2.10. The van der Waals surface area contributed by atoms with Crippen LogP contribution in [0.15, 0.2) is 0 Å². The molecule has 1 fully saturated rings. The largest absolute Gasteiger partial charge is 0.390 e. The molecule has 1 saturated heterocycles. The predicted octanol–water partition coefficient (Wildman–Crippen LogP) is -0.470. The second-order valence-electron chi connectivity index (χ2n) is 2.44. The number of rotatable bonds is 1. The molecule has 1 N–H and O–H groups in total. The molecule has 2 nitrogen and oxygen atoms in total. The summed E-state index contributed by atoms with van der Waals surface area (Å²) in [6, 6.07) is 0.250. The van der Waals surface area contributed by atoms with Gasteiger partial charge < -0.3 is 9.84 Å². The molecule has 1 unspecified atom stereocenters. The summed E-state index contributed by atoms with van der Waals surface area (Å²) in [5.41, 5.74) is 0. The minimum absolute atomic E-state index is 0.0839. The van der Waals surface area contributed by atoms with E-state index in [1.54, 1.807) is 0 Å². The van der Waals surface area contributed by atoms with Crippen LogP contribution >= 0.6 is 22.6 Å². The molecule has 1 rings (SSSR count). The van der Waals surface area contributed by atoms with Gasteiger partial charge in [0.1, 0.15) is 7.85 Å². The van der Waals surface area contributed by atoms with Crippen LogP contribution in [-0.2, 0) is 4.74 Å². The van der Waals surface area contributed by atoms with E-state index >= 15 is 0 Å². The number of halogens is 1. The van der Waals surface area contributed by atoms with E-state index in [0.717, 1.165) is 10.8 Å². The lowest BCUT2D eigenvalue weighted by Crippen LogP contribution is -2.21. The van der Waals surface area contributed by atoms with Crippen LogP contribution in [0.5, 0.6) is 0 Å². The van der Waals surface area contributed by atoms with Crippen molar-refractivity contribution < 1.29 is 9.84 Å². The zero-order chi connectivity index (χ0) is 6.85. The van der Waals surface area contributed by atoms with Crippen LogP contribution in [0, 0.1) is 0 Å². The van der Waals surface area contributed by atoms with Crippen molar-refractivity contribution in [2.24, 2.45) is 0 Å². The summed E-state index contributed by atoms with van der Waals surface area (Å²) < 4.78 is 6.26. The standard InChI is InChI=1S/C5H10BIO2/c6-5-1-3(8)4(2-7)9-5/h3-5,8H,1-2,6H2/t3?,4-,5-/m1/s1. The molecule has 0 aliphatic carbocycles. The first-order chi connectivity index (χ1) is 4.24. The SMILES string of the molecule is B[C@H]1CC(O)[C@@H](CI)O1. The molecule has 1 aliphatic rings. The van der Waals surface area contributed by atoms with Crippen molar-refractivity contribution in [1.29, 1.82) is 0 Å². The molecule has 0 radical (unpaired) electrons. The van der Waals surface area contributed by atoms with E-state index in [0.29, 0.717) is 0 Å². The summed E-state index contributed by atoms with van der Waals surface area (Å²) in [5, 5.41) is 9.23. The van der Waals surface area contributed by atoms with E-state index in [2.05, 4.69) is 22.6 Å². The molecule has 0 bridgehead atoms. The normalized spacial score (nSPS) is 43.6. The van der Waals surface area contributed by atoms with Crippen LogP contribution in [0.1, 0.15) is 6.42 Å². The quantitative estimate of drug-likeness (QED) is 0.381. The van der Waals surface area contributed by atoms with Crippen molar-refractivity contribution in [2.45, 2.75) is 24.6 Å². The van der Waals surface area contributed by atoms with Crippen molar-refractivity contribution in [2.75, 3.05) is 4.43 Å². The van der Waals surface area contributed by atoms with E-state index in [9.17, 15) is 5.11 Å². The number of aliphatic hydroxyl groups excluding tert-OH is 1. The Morgan fingerprint density at radius 1 is 1.78 bits per heavy atom. The molecular formula is C5H10BIO2. The Hall–Kier alpha value is 0.715. The summed E-state index contributed by atoms with van der Waals surface area (Å²) in [6.45, 7) is 0. The highest BCUT2D eigenvalue weighted by molar-refractivity contribution is 14.1. The van der Waals surface area contributed by atoms with Gasteiger partial charge in [-0.05, 0) is 6.42 Å². The van der Waals surface area contributed by atoms with Crippen molar-refractivity contribution >= 4 is 30.4 Å². The first-order valence-electron chi connectivity index (χ1n) is 3.13. The van der Waals surface area contributed by atoms with Crippen LogP contribution in [0.3, 0.4) is 0 Å². The fourth-order valence-electron chi connectivity index (χ4n) is 1.08. The predicted molar refractivity (Wildman–Crippen MR) is 46.7 cm³/mol. The van der Waals surface area contributed by atoms with Gasteiger partial charge in [-0.3, -0.25) is 0 Å². The number of hydrogen-bond acceptors (Lipinski definition) is 2. The maximum Gasteiger partial charge on any atom is 0.139 e. The Balaban J connectivity index is 2.38. The zero-order valence-corrected chi connectivity index (χ0v) is 7.54. The van der Waals surface area contributed by atoms with E-state index in [1.807, 2.05) is 7.85 Å². The third-order valence-electron chi connectivity index (χ3n) is 1.56. The summed E-state index contributed by atoms with van der Waals surface area (Å²) in [6.07, 6.45) is 0.658. The third-order valence-corrected chi connectivity index (χ3v) is 2.43. The smallest absolute Gasteiger partial charge is 0.139 e. The van der Waals surface area contributed by atoms with Crippen LogP contribution in [0.2, 0.25) is 0 Å². The van der Waals surface area contributed by atoms with Crippen LogP contribution in [0.4, 0.5) is 0 Å². The minimum Gasteiger partial charge on any atom is -0.390 e. The van der Waals surface area contributed by atoms with Crippen molar-refractivity contribution in [3.63, 3.8) is 0 Å². The van der Waals surface area contributed by atoms with Crippen LogP contribution in [0.25, 0.3) is 0 Å². The summed E-state index contributed by atoms with van der Waals surface area (Å²) in [7, 11) is 2.00. The molecule has 0 spiro atoms. The Morgan fingerprint density at radius 2 is 2.44 bits per heavy atom. The molecule has 3 atom stereocenters. The summed E-state index contributed by atoms with van der Waals surface area (Å²) in [5.74, 6) is 0. The van der Waals surface area contributed by atoms with E-state index in [4.69, 9.17) is 4.74 Å². The number of hydrogen-bond donors (Lipinski definition) is 1. The van der Waals surface area contributed by atoms with Gasteiger partial charge in [0.15, 0.2) is 0 Å². The molecule has 9 heavy (non-hydrogen) atoms. The molecule has 1 aliphatic heterocycles. The van der Waals surface area contributed by atoms with E-state index in [-0.39, 0.29) is 18.2 Å². The van der Waals surface area contributed by atoms with E-state index < -0.39 is 0 Å². The minimum atomic E-state index is -0.225. The Bertz CT molecular complexity index is 101. The Labute approximate surface area is 69.5 Å². The van der Waals surface area contributed by atoms with Crippen LogP contribution in [-0.4, -0.2) is 35.6 Å². The first kappa shape index (κ1) is 7.82. The fraction of sp³-hybridized carbons (Fsp3) is 1.00. The van der Waals surface area contributed by atoms with Gasteiger partial charge in [-0.25, -0.2) is 0 Å². The maximum atomic E-state index is 9.23. The maximum absolute atomic E-state index is 9.23. The zero-order valence-electron chi connectivity index (χ0n) is 5.38. The highest BCUT2D eigenvalue weighted by Crippen LogP contribution is 2.19. The van der Waals surface area contributed by atoms with Gasteiger partial charge in [-0.15, -0.1) is 0 Å². The molecule has 0 aromatic carbocycles. The number of alkyl halides is 1. The van der Waals surface area contributed by atoms with Gasteiger partial charge in [0.05, 0.1) is 12.2 Å². The first-order valence-corrected chi connectivity index (χ1v) is 4.66. The molecular weight excluding hydrogens is 230 g/mol. The number of aliphatic hydroxyl groups is 1. The van der Waals surface area contributed by atoms with Gasteiger partial charge >= 0.3 is 0 Å². The molecule has 0 saturated carbocycles.